The van der Waals surface area contributed by atoms with E-state index in [1.54, 1.807) is 0 Å². The van der Waals surface area contributed by atoms with Gasteiger partial charge in [-0.05, 0) is 18.4 Å². The van der Waals surface area contributed by atoms with Gasteiger partial charge in [-0.1, -0.05) is 37.3 Å². The first-order chi connectivity index (χ1) is 6.24. The predicted molar refractivity (Wildman–Crippen MR) is 54.4 cm³/mol. The van der Waals surface area contributed by atoms with Crippen molar-refractivity contribution in [3.8, 4) is 0 Å². The molecular formula is C11H17NO. The van der Waals surface area contributed by atoms with E-state index in [0.29, 0.717) is 6.42 Å². The quantitative estimate of drug-likeness (QED) is 0.732. The second kappa shape index (κ2) is 5.00. The molecule has 0 aliphatic heterocycles. The van der Waals surface area contributed by atoms with Crippen LogP contribution in [0.1, 0.15) is 18.9 Å². The first-order valence-corrected chi connectivity index (χ1v) is 4.71. The van der Waals surface area contributed by atoms with Crippen molar-refractivity contribution in [3.05, 3.63) is 35.9 Å². The summed E-state index contributed by atoms with van der Waals surface area (Å²) >= 11 is 0. The van der Waals surface area contributed by atoms with E-state index < -0.39 is 0 Å². The molecule has 0 heterocycles. The summed E-state index contributed by atoms with van der Waals surface area (Å²) in [6.45, 7) is 1.94. The van der Waals surface area contributed by atoms with Gasteiger partial charge in [0.1, 0.15) is 0 Å². The van der Waals surface area contributed by atoms with Gasteiger partial charge >= 0.3 is 0 Å². The van der Waals surface area contributed by atoms with Crippen molar-refractivity contribution < 1.29 is 5.11 Å². The largest absolute Gasteiger partial charge is 0.392 e. The fourth-order valence-electron chi connectivity index (χ4n) is 1.33. The van der Waals surface area contributed by atoms with Gasteiger partial charge in [-0.15, -0.1) is 0 Å². The minimum Gasteiger partial charge on any atom is -0.392 e. The van der Waals surface area contributed by atoms with E-state index in [0.717, 1.165) is 6.42 Å². The molecule has 2 atom stereocenters. The van der Waals surface area contributed by atoms with Crippen LogP contribution in [0.3, 0.4) is 0 Å². The lowest BCUT2D eigenvalue weighted by atomic mass is 10.0. The van der Waals surface area contributed by atoms with Crippen LogP contribution in [0.15, 0.2) is 30.3 Å². The van der Waals surface area contributed by atoms with Gasteiger partial charge in [-0.3, -0.25) is 0 Å². The molecule has 1 unspecified atom stereocenters. The fraction of sp³-hybridized carbons (Fsp3) is 0.455. The molecule has 0 aromatic heterocycles. The Morgan fingerprint density at radius 2 is 1.92 bits per heavy atom. The zero-order valence-corrected chi connectivity index (χ0v) is 7.98. The molecule has 2 nitrogen and oxygen atoms in total. The average Bonchev–Trinajstić information content (AvgIpc) is 2.18. The lowest BCUT2D eigenvalue weighted by molar-refractivity contribution is 0.140. The standard InChI is InChI=1S/C11H17NO/c1-2-11(13)10(12)8-9-6-4-3-5-7-9/h3-7,10-11,13H,2,8,12H2,1H3/t10-,11?/m0/s1. The lowest BCUT2D eigenvalue weighted by Gasteiger charge is -2.16. The highest BCUT2D eigenvalue weighted by atomic mass is 16.3. The summed E-state index contributed by atoms with van der Waals surface area (Å²) in [7, 11) is 0. The second-order valence-electron chi connectivity index (χ2n) is 3.33. The van der Waals surface area contributed by atoms with Crippen LogP contribution in [0.2, 0.25) is 0 Å². The Hall–Kier alpha value is -0.860. The van der Waals surface area contributed by atoms with Crippen molar-refractivity contribution in [2.45, 2.75) is 31.9 Å². The molecule has 3 N–H and O–H groups in total. The summed E-state index contributed by atoms with van der Waals surface area (Å²) in [5, 5.41) is 9.46. The Balaban J connectivity index is 2.50. The molecule has 1 aromatic rings. The van der Waals surface area contributed by atoms with Gasteiger partial charge in [0.25, 0.3) is 0 Å². The number of hydrogen-bond acceptors (Lipinski definition) is 2. The monoisotopic (exact) mass is 179 g/mol. The molecule has 72 valence electrons. The Morgan fingerprint density at radius 3 is 2.46 bits per heavy atom. The minimum atomic E-state index is -0.389. The van der Waals surface area contributed by atoms with E-state index in [9.17, 15) is 5.11 Å². The SMILES string of the molecule is CCC(O)[C@@H](N)Cc1ccccc1. The highest BCUT2D eigenvalue weighted by molar-refractivity contribution is 5.16. The van der Waals surface area contributed by atoms with Crippen molar-refractivity contribution in [2.24, 2.45) is 5.73 Å². The van der Waals surface area contributed by atoms with Crippen LogP contribution >= 0.6 is 0 Å². The Labute approximate surface area is 79.4 Å². The maximum Gasteiger partial charge on any atom is 0.0691 e. The van der Waals surface area contributed by atoms with Crippen molar-refractivity contribution in [2.75, 3.05) is 0 Å². The summed E-state index contributed by atoms with van der Waals surface area (Å²) in [4.78, 5) is 0. The van der Waals surface area contributed by atoms with Crippen molar-refractivity contribution in [1.29, 1.82) is 0 Å². The maximum absolute atomic E-state index is 9.46. The molecule has 1 rings (SSSR count). The van der Waals surface area contributed by atoms with E-state index >= 15 is 0 Å². The van der Waals surface area contributed by atoms with Gasteiger partial charge in [0.15, 0.2) is 0 Å². The number of benzene rings is 1. The maximum atomic E-state index is 9.46. The number of aliphatic hydroxyl groups excluding tert-OH is 1. The Bertz CT molecular complexity index is 235. The summed E-state index contributed by atoms with van der Waals surface area (Å²) < 4.78 is 0. The third-order valence-electron chi connectivity index (χ3n) is 2.23. The van der Waals surface area contributed by atoms with Crippen molar-refractivity contribution >= 4 is 0 Å². The first kappa shape index (κ1) is 10.2. The second-order valence-corrected chi connectivity index (χ2v) is 3.33. The van der Waals surface area contributed by atoms with Gasteiger partial charge in [0.05, 0.1) is 6.10 Å². The number of nitrogens with two attached hydrogens (primary N) is 1. The van der Waals surface area contributed by atoms with Gasteiger partial charge in [-0.25, -0.2) is 0 Å². The highest BCUT2D eigenvalue weighted by Crippen LogP contribution is 2.05. The predicted octanol–water partition coefficient (Wildman–Crippen LogP) is 1.33. The van der Waals surface area contributed by atoms with Crippen LogP contribution in [-0.4, -0.2) is 17.3 Å². The van der Waals surface area contributed by atoms with Crippen LogP contribution in [0.5, 0.6) is 0 Å². The van der Waals surface area contributed by atoms with Crippen LogP contribution in [0.4, 0.5) is 0 Å². The Morgan fingerprint density at radius 1 is 1.31 bits per heavy atom. The Kier molecular flexibility index (Phi) is 3.93. The molecule has 0 aliphatic carbocycles. The molecule has 13 heavy (non-hydrogen) atoms. The van der Waals surface area contributed by atoms with Gasteiger partial charge < -0.3 is 10.8 Å². The number of rotatable bonds is 4. The summed E-state index contributed by atoms with van der Waals surface area (Å²) in [6, 6.07) is 9.86. The highest BCUT2D eigenvalue weighted by Gasteiger charge is 2.12. The summed E-state index contributed by atoms with van der Waals surface area (Å²) in [5.41, 5.74) is 6.99. The fourth-order valence-corrected chi connectivity index (χ4v) is 1.33. The van der Waals surface area contributed by atoms with Gasteiger partial charge in [0.2, 0.25) is 0 Å². The van der Waals surface area contributed by atoms with Gasteiger partial charge in [0, 0.05) is 6.04 Å². The molecule has 0 amide bonds. The molecule has 0 aliphatic rings. The van der Waals surface area contributed by atoms with Crippen LogP contribution in [-0.2, 0) is 6.42 Å². The van der Waals surface area contributed by atoms with E-state index in [1.165, 1.54) is 5.56 Å². The molecule has 1 aromatic carbocycles. The molecule has 0 saturated carbocycles. The molecule has 2 heteroatoms. The molecule has 0 fully saturated rings. The smallest absolute Gasteiger partial charge is 0.0691 e. The zero-order chi connectivity index (χ0) is 9.68. The van der Waals surface area contributed by atoms with Crippen LogP contribution in [0, 0.1) is 0 Å². The molecule has 0 bridgehead atoms. The topological polar surface area (TPSA) is 46.2 Å². The number of aliphatic hydroxyl groups is 1. The normalized spacial score (nSPS) is 15.3. The number of hydrogen-bond donors (Lipinski definition) is 2. The average molecular weight is 179 g/mol. The zero-order valence-electron chi connectivity index (χ0n) is 7.98. The molecule has 0 saturated heterocycles. The lowest BCUT2D eigenvalue weighted by Crippen LogP contribution is -2.36. The third-order valence-corrected chi connectivity index (χ3v) is 2.23. The molecule has 0 spiro atoms. The van der Waals surface area contributed by atoms with Crippen molar-refractivity contribution in [3.63, 3.8) is 0 Å². The van der Waals surface area contributed by atoms with E-state index in [1.807, 2.05) is 37.3 Å². The van der Waals surface area contributed by atoms with Crippen LogP contribution < -0.4 is 5.73 Å². The van der Waals surface area contributed by atoms with Gasteiger partial charge in [-0.2, -0.15) is 0 Å². The summed E-state index contributed by atoms with van der Waals surface area (Å²) in [5.74, 6) is 0. The van der Waals surface area contributed by atoms with E-state index in [4.69, 9.17) is 5.73 Å². The van der Waals surface area contributed by atoms with E-state index in [-0.39, 0.29) is 12.1 Å². The first-order valence-electron chi connectivity index (χ1n) is 4.71. The summed E-state index contributed by atoms with van der Waals surface area (Å²) in [6.07, 6.45) is 1.07. The van der Waals surface area contributed by atoms with E-state index in [2.05, 4.69) is 0 Å². The molecular weight excluding hydrogens is 162 g/mol. The minimum absolute atomic E-state index is 0.146. The molecule has 0 radical (unpaired) electrons. The van der Waals surface area contributed by atoms with Crippen LogP contribution in [0.25, 0.3) is 0 Å². The third kappa shape index (κ3) is 3.17. The van der Waals surface area contributed by atoms with Crippen molar-refractivity contribution in [1.82, 2.24) is 0 Å².